The van der Waals surface area contributed by atoms with Crippen LogP contribution < -0.4 is 10.6 Å². The molecule has 0 rings (SSSR count). The van der Waals surface area contributed by atoms with Gasteiger partial charge in [0, 0.05) is 13.0 Å². The third kappa shape index (κ3) is 7.31. The monoisotopic (exact) mass is 186 g/mol. The summed E-state index contributed by atoms with van der Waals surface area (Å²) >= 11 is 0. The molecule has 4 heteroatoms. The highest BCUT2D eigenvalue weighted by atomic mass is 16.2. The molecule has 0 saturated heterocycles. The second-order valence-electron chi connectivity index (χ2n) is 3.33. The summed E-state index contributed by atoms with van der Waals surface area (Å²) in [5, 5.41) is 5.21. The second-order valence-corrected chi connectivity index (χ2v) is 3.33. The van der Waals surface area contributed by atoms with Crippen LogP contribution in [0, 0.1) is 5.92 Å². The van der Waals surface area contributed by atoms with Crippen LogP contribution in [0.4, 0.5) is 0 Å². The van der Waals surface area contributed by atoms with Crippen LogP contribution in [0.3, 0.4) is 0 Å². The molecular formula is C9H18N2O2. The van der Waals surface area contributed by atoms with E-state index in [-0.39, 0.29) is 18.4 Å². The van der Waals surface area contributed by atoms with Crippen molar-refractivity contribution in [3.8, 4) is 0 Å². The van der Waals surface area contributed by atoms with Gasteiger partial charge in [0.05, 0.1) is 6.54 Å². The number of hydrogen-bond acceptors (Lipinski definition) is 2. The summed E-state index contributed by atoms with van der Waals surface area (Å²) in [6.07, 6.45) is 0.414. The van der Waals surface area contributed by atoms with E-state index in [1.807, 2.05) is 13.8 Å². The molecule has 0 aliphatic rings. The molecule has 2 N–H and O–H groups in total. The minimum Gasteiger partial charge on any atom is -0.354 e. The fraction of sp³-hybridized carbons (Fsp3) is 0.778. The summed E-state index contributed by atoms with van der Waals surface area (Å²) in [4.78, 5) is 21.8. The normalized spacial score (nSPS) is 9.85. The van der Waals surface area contributed by atoms with E-state index in [1.54, 1.807) is 6.92 Å². The van der Waals surface area contributed by atoms with Gasteiger partial charge in [-0.05, 0) is 5.92 Å². The molecule has 2 amide bonds. The number of nitrogens with one attached hydrogen (secondary N) is 2. The van der Waals surface area contributed by atoms with Crippen LogP contribution in [-0.4, -0.2) is 24.9 Å². The molecule has 0 aliphatic heterocycles. The van der Waals surface area contributed by atoms with Gasteiger partial charge in [-0.3, -0.25) is 9.59 Å². The molecule has 0 aromatic heterocycles. The van der Waals surface area contributed by atoms with E-state index >= 15 is 0 Å². The fourth-order valence-corrected chi connectivity index (χ4v) is 0.684. The Morgan fingerprint density at radius 2 is 1.77 bits per heavy atom. The average molecular weight is 186 g/mol. The average Bonchev–Trinajstić information content (AvgIpc) is 2.10. The Bertz CT molecular complexity index is 178. The molecule has 0 bridgehead atoms. The lowest BCUT2D eigenvalue weighted by Crippen LogP contribution is -2.38. The number of rotatable bonds is 5. The highest BCUT2D eigenvalue weighted by Gasteiger charge is 2.03. The van der Waals surface area contributed by atoms with Crippen LogP contribution in [0.5, 0.6) is 0 Å². The molecule has 0 heterocycles. The predicted molar refractivity (Wildman–Crippen MR) is 51.1 cm³/mol. The minimum absolute atomic E-state index is 0.0827. The van der Waals surface area contributed by atoms with Crippen molar-refractivity contribution in [2.24, 2.45) is 5.92 Å². The van der Waals surface area contributed by atoms with Gasteiger partial charge >= 0.3 is 0 Å². The maximum atomic E-state index is 11.0. The lowest BCUT2D eigenvalue weighted by molar-refractivity contribution is -0.126. The lowest BCUT2D eigenvalue weighted by Gasteiger charge is -2.07. The Balaban J connectivity index is 3.46. The topological polar surface area (TPSA) is 58.2 Å². The zero-order valence-electron chi connectivity index (χ0n) is 8.52. The highest BCUT2D eigenvalue weighted by molar-refractivity contribution is 5.84. The van der Waals surface area contributed by atoms with Crippen molar-refractivity contribution in [2.45, 2.75) is 27.2 Å². The Morgan fingerprint density at radius 1 is 1.15 bits per heavy atom. The van der Waals surface area contributed by atoms with Crippen molar-refractivity contribution in [2.75, 3.05) is 13.1 Å². The minimum atomic E-state index is -0.129. The molecule has 0 unspecified atom stereocenters. The quantitative estimate of drug-likeness (QED) is 0.648. The molecule has 0 aromatic rings. The molecule has 0 saturated carbocycles. The van der Waals surface area contributed by atoms with E-state index < -0.39 is 0 Å². The van der Waals surface area contributed by atoms with Crippen LogP contribution in [0.1, 0.15) is 27.2 Å². The van der Waals surface area contributed by atoms with Gasteiger partial charge in [-0.25, -0.2) is 0 Å². The van der Waals surface area contributed by atoms with Gasteiger partial charge in [0.15, 0.2) is 0 Å². The van der Waals surface area contributed by atoms with E-state index in [0.29, 0.717) is 18.9 Å². The first-order valence-electron chi connectivity index (χ1n) is 4.59. The van der Waals surface area contributed by atoms with Crippen molar-refractivity contribution in [3.05, 3.63) is 0 Å². The Morgan fingerprint density at radius 3 is 2.23 bits per heavy atom. The van der Waals surface area contributed by atoms with E-state index in [1.165, 1.54) is 0 Å². The van der Waals surface area contributed by atoms with Crippen molar-refractivity contribution < 1.29 is 9.59 Å². The summed E-state index contributed by atoms with van der Waals surface area (Å²) in [6.45, 7) is 6.53. The molecule has 0 radical (unpaired) electrons. The summed E-state index contributed by atoms with van der Waals surface area (Å²) in [5.74, 6) is 0.209. The Labute approximate surface area is 79.1 Å². The van der Waals surface area contributed by atoms with Crippen molar-refractivity contribution in [1.82, 2.24) is 10.6 Å². The smallest absolute Gasteiger partial charge is 0.239 e. The van der Waals surface area contributed by atoms with Gasteiger partial charge in [-0.1, -0.05) is 20.8 Å². The first kappa shape index (κ1) is 11.9. The highest BCUT2D eigenvalue weighted by Crippen LogP contribution is 1.86. The van der Waals surface area contributed by atoms with Crippen LogP contribution in [0.2, 0.25) is 0 Å². The third-order valence-electron chi connectivity index (χ3n) is 1.47. The molecule has 0 spiro atoms. The first-order valence-corrected chi connectivity index (χ1v) is 4.59. The van der Waals surface area contributed by atoms with Crippen molar-refractivity contribution >= 4 is 11.8 Å². The van der Waals surface area contributed by atoms with Gasteiger partial charge in [0.2, 0.25) is 11.8 Å². The van der Waals surface area contributed by atoms with Crippen LogP contribution in [-0.2, 0) is 9.59 Å². The van der Waals surface area contributed by atoms with Gasteiger partial charge in [0.25, 0.3) is 0 Å². The van der Waals surface area contributed by atoms with Crippen LogP contribution >= 0.6 is 0 Å². The number of hydrogen-bond donors (Lipinski definition) is 2. The summed E-state index contributed by atoms with van der Waals surface area (Å²) < 4.78 is 0. The van der Waals surface area contributed by atoms with Gasteiger partial charge in [0.1, 0.15) is 0 Å². The summed E-state index contributed by atoms with van der Waals surface area (Å²) in [7, 11) is 0. The predicted octanol–water partition coefficient (Wildman–Crippen LogP) is 0.285. The Kier molecular flexibility index (Phi) is 5.93. The zero-order chi connectivity index (χ0) is 10.3. The lowest BCUT2D eigenvalue weighted by atomic mass is 10.2. The van der Waals surface area contributed by atoms with E-state index in [2.05, 4.69) is 10.6 Å². The van der Waals surface area contributed by atoms with E-state index in [9.17, 15) is 9.59 Å². The molecule has 0 fully saturated rings. The number of carbonyl (C=O) groups excluding carboxylic acids is 2. The van der Waals surface area contributed by atoms with Crippen LogP contribution in [0.25, 0.3) is 0 Å². The van der Waals surface area contributed by atoms with Gasteiger partial charge in [-0.15, -0.1) is 0 Å². The summed E-state index contributed by atoms with van der Waals surface area (Å²) in [5.41, 5.74) is 0. The molecule has 0 aromatic carbocycles. The third-order valence-corrected chi connectivity index (χ3v) is 1.47. The summed E-state index contributed by atoms with van der Waals surface area (Å²) in [6, 6.07) is 0. The van der Waals surface area contributed by atoms with Gasteiger partial charge in [-0.2, -0.15) is 0 Å². The first-order chi connectivity index (χ1) is 6.06. The fourth-order valence-electron chi connectivity index (χ4n) is 0.684. The SMILES string of the molecule is CCC(=O)NCC(=O)NCC(C)C. The number of amides is 2. The molecule has 0 atom stereocenters. The maximum absolute atomic E-state index is 11.0. The molecule has 0 aliphatic carbocycles. The maximum Gasteiger partial charge on any atom is 0.239 e. The second kappa shape index (κ2) is 6.46. The number of carbonyl (C=O) groups is 2. The van der Waals surface area contributed by atoms with Gasteiger partial charge < -0.3 is 10.6 Å². The zero-order valence-corrected chi connectivity index (χ0v) is 8.52. The molecule has 4 nitrogen and oxygen atoms in total. The largest absolute Gasteiger partial charge is 0.354 e. The van der Waals surface area contributed by atoms with Crippen molar-refractivity contribution in [1.29, 1.82) is 0 Å². The Hall–Kier alpha value is -1.06. The molecule has 76 valence electrons. The standard InChI is InChI=1S/C9H18N2O2/c1-4-8(12)11-6-9(13)10-5-7(2)3/h7H,4-6H2,1-3H3,(H,10,13)(H,11,12). The molecule has 13 heavy (non-hydrogen) atoms. The van der Waals surface area contributed by atoms with E-state index in [4.69, 9.17) is 0 Å². The van der Waals surface area contributed by atoms with Crippen molar-refractivity contribution in [3.63, 3.8) is 0 Å². The van der Waals surface area contributed by atoms with Crippen LogP contribution in [0.15, 0.2) is 0 Å². The molecular weight excluding hydrogens is 168 g/mol. The van der Waals surface area contributed by atoms with E-state index in [0.717, 1.165) is 0 Å².